The number of halogens is 1. The number of benzene rings is 2. The van der Waals surface area contributed by atoms with E-state index in [9.17, 15) is 0 Å². The molecule has 1 saturated heterocycles. The van der Waals surface area contributed by atoms with Crippen LogP contribution in [0.2, 0.25) is 0 Å². The van der Waals surface area contributed by atoms with Crippen LogP contribution in [0.5, 0.6) is 0 Å². The molecule has 0 aromatic heterocycles. The summed E-state index contributed by atoms with van der Waals surface area (Å²) in [6.07, 6.45) is 4.89. The van der Waals surface area contributed by atoms with E-state index in [4.69, 9.17) is 5.26 Å². The first-order valence-electron chi connectivity index (χ1n) is 8.23. The average molecular weight is 369 g/mol. The van der Waals surface area contributed by atoms with Gasteiger partial charge in [0.25, 0.3) is 0 Å². The standard InChI is InChI=1S/C20H21BrN2/c21-20-12-17(14-22)9-10-18(20)13-19-8-4-5-11-23(19)15-16-6-2-1-3-7-16/h1-3,6-7,9-10,12,19H,4-5,8,11,13,15H2/t19-/m1/s1. The van der Waals surface area contributed by atoms with Crippen LogP contribution in [-0.2, 0) is 13.0 Å². The first kappa shape index (κ1) is 16.2. The van der Waals surface area contributed by atoms with Gasteiger partial charge in [0.15, 0.2) is 0 Å². The molecule has 0 unspecified atom stereocenters. The third-order valence-corrected chi connectivity index (χ3v) is 5.35. The van der Waals surface area contributed by atoms with Crippen molar-refractivity contribution in [2.24, 2.45) is 0 Å². The van der Waals surface area contributed by atoms with E-state index in [1.165, 1.54) is 36.9 Å². The predicted octanol–water partition coefficient (Wildman–Crippen LogP) is 4.92. The van der Waals surface area contributed by atoms with Gasteiger partial charge in [0.05, 0.1) is 11.6 Å². The molecular weight excluding hydrogens is 348 g/mol. The Morgan fingerprint density at radius 2 is 1.96 bits per heavy atom. The molecule has 23 heavy (non-hydrogen) atoms. The van der Waals surface area contributed by atoms with E-state index in [1.54, 1.807) is 0 Å². The van der Waals surface area contributed by atoms with Crippen LogP contribution in [-0.4, -0.2) is 17.5 Å². The van der Waals surface area contributed by atoms with Gasteiger partial charge in [-0.15, -0.1) is 0 Å². The summed E-state index contributed by atoms with van der Waals surface area (Å²) in [5, 5.41) is 9.00. The quantitative estimate of drug-likeness (QED) is 0.765. The molecule has 0 radical (unpaired) electrons. The van der Waals surface area contributed by atoms with E-state index >= 15 is 0 Å². The highest BCUT2D eigenvalue weighted by molar-refractivity contribution is 9.10. The highest BCUT2D eigenvalue weighted by Crippen LogP contribution is 2.26. The topological polar surface area (TPSA) is 27.0 Å². The second-order valence-electron chi connectivity index (χ2n) is 6.23. The fourth-order valence-electron chi connectivity index (χ4n) is 3.35. The summed E-state index contributed by atoms with van der Waals surface area (Å²) < 4.78 is 1.06. The third-order valence-electron chi connectivity index (χ3n) is 4.62. The van der Waals surface area contributed by atoms with Crippen molar-refractivity contribution in [1.29, 1.82) is 5.26 Å². The predicted molar refractivity (Wildman–Crippen MR) is 97.1 cm³/mol. The van der Waals surface area contributed by atoms with Gasteiger partial charge in [-0.1, -0.05) is 58.7 Å². The summed E-state index contributed by atoms with van der Waals surface area (Å²) in [6.45, 7) is 2.20. The molecule has 2 aromatic carbocycles. The minimum absolute atomic E-state index is 0.577. The van der Waals surface area contributed by atoms with E-state index in [0.717, 1.165) is 17.4 Å². The van der Waals surface area contributed by atoms with Gasteiger partial charge >= 0.3 is 0 Å². The molecule has 1 heterocycles. The maximum Gasteiger partial charge on any atom is 0.0992 e. The van der Waals surface area contributed by atoms with E-state index in [1.807, 2.05) is 12.1 Å². The van der Waals surface area contributed by atoms with Gasteiger partial charge in [0.1, 0.15) is 0 Å². The Bertz CT molecular complexity index is 691. The fraction of sp³-hybridized carbons (Fsp3) is 0.350. The van der Waals surface area contributed by atoms with Gasteiger partial charge < -0.3 is 0 Å². The van der Waals surface area contributed by atoms with Crippen LogP contribution in [0.4, 0.5) is 0 Å². The minimum atomic E-state index is 0.577. The molecule has 3 rings (SSSR count). The Morgan fingerprint density at radius 1 is 1.13 bits per heavy atom. The number of hydrogen-bond acceptors (Lipinski definition) is 2. The van der Waals surface area contributed by atoms with Crippen LogP contribution < -0.4 is 0 Å². The van der Waals surface area contributed by atoms with E-state index in [2.05, 4.69) is 63.3 Å². The second-order valence-corrected chi connectivity index (χ2v) is 7.08. The Labute approximate surface area is 146 Å². The zero-order chi connectivity index (χ0) is 16.1. The molecule has 118 valence electrons. The molecule has 0 saturated carbocycles. The van der Waals surface area contributed by atoms with Crippen LogP contribution in [0.1, 0.15) is 36.0 Å². The molecule has 0 amide bonds. The van der Waals surface area contributed by atoms with Crippen molar-refractivity contribution in [2.75, 3.05) is 6.54 Å². The van der Waals surface area contributed by atoms with Crippen molar-refractivity contribution in [3.05, 3.63) is 69.7 Å². The Morgan fingerprint density at radius 3 is 2.70 bits per heavy atom. The SMILES string of the molecule is N#Cc1ccc(C[C@H]2CCCCN2Cc2ccccc2)c(Br)c1. The maximum atomic E-state index is 9.00. The lowest BCUT2D eigenvalue weighted by Crippen LogP contribution is -2.40. The van der Waals surface area contributed by atoms with Gasteiger partial charge in [0, 0.05) is 17.1 Å². The Kier molecular flexibility index (Phi) is 5.48. The molecule has 1 aliphatic heterocycles. The second kappa shape index (κ2) is 7.77. The number of rotatable bonds is 4. The number of piperidine rings is 1. The summed E-state index contributed by atoms with van der Waals surface area (Å²) in [4.78, 5) is 2.61. The summed E-state index contributed by atoms with van der Waals surface area (Å²) in [7, 11) is 0. The lowest BCUT2D eigenvalue weighted by atomic mass is 9.94. The van der Waals surface area contributed by atoms with Crippen LogP contribution in [0.3, 0.4) is 0 Å². The number of hydrogen-bond donors (Lipinski definition) is 0. The van der Waals surface area contributed by atoms with Crippen molar-refractivity contribution in [1.82, 2.24) is 4.90 Å². The molecule has 3 heteroatoms. The lowest BCUT2D eigenvalue weighted by molar-refractivity contribution is 0.139. The first-order chi connectivity index (χ1) is 11.3. The molecule has 0 aliphatic carbocycles. The number of likely N-dealkylation sites (tertiary alicyclic amines) is 1. The molecular formula is C20H21BrN2. The van der Waals surface area contributed by atoms with Crippen LogP contribution in [0.25, 0.3) is 0 Å². The smallest absolute Gasteiger partial charge is 0.0992 e. The normalized spacial score (nSPS) is 18.5. The van der Waals surface area contributed by atoms with Gasteiger partial charge in [-0.25, -0.2) is 0 Å². The summed E-state index contributed by atoms with van der Waals surface area (Å²) in [5.74, 6) is 0. The molecule has 0 N–H and O–H groups in total. The van der Waals surface area contributed by atoms with Gasteiger partial charge in [-0.3, -0.25) is 4.90 Å². The highest BCUT2D eigenvalue weighted by atomic mass is 79.9. The summed E-state index contributed by atoms with van der Waals surface area (Å²) in [5.41, 5.74) is 3.40. The molecule has 0 spiro atoms. The molecule has 1 aliphatic rings. The van der Waals surface area contributed by atoms with Gasteiger partial charge in [-0.2, -0.15) is 5.26 Å². The zero-order valence-electron chi connectivity index (χ0n) is 13.2. The van der Waals surface area contributed by atoms with Gasteiger partial charge in [-0.05, 0) is 49.1 Å². The lowest BCUT2D eigenvalue weighted by Gasteiger charge is -2.36. The Hall–Kier alpha value is -1.63. The highest BCUT2D eigenvalue weighted by Gasteiger charge is 2.23. The van der Waals surface area contributed by atoms with Crippen molar-refractivity contribution >= 4 is 15.9 Å². The third kappa shape index (κ3) is 4.22. The minimum Gasteiger partial charge on any atom is -0.296 e. The zero-order valence-corrected chi connectivity index (χ0v) is 14.8. The summed E-state index contributed by atoms with van der Waals surface area (Å²) >= 11 is 3.63. The van der Waals surface area contributed by atoms with Crippen molar-refractivity contribution in [3.63, 3.8) is 0 Å². The van der Waals surface area contributed by atoms with Crippen LogP contribution >= 0.6 is 15.9 Å². The Balaban J connectivity index is 1.73. The summed E-state index contributed by atoms with van der Waals surface area (Å²) in [6, 6.07) is 19.5. The van der Waals surface area contributed by atoms with Crippen LogP contribution in [0, 0.1) is 11.3 Å². The fourth-order valence-corrected chi connectivity index (χ4v) is 3.89. The first-order valence-corrected chi connectivity index (χ1v) is 9.02. The van der Waals surface area contributed by atoms with E-state index in [-0.39, 0.29) is 0 Å². The largest absolute Gasteiger partial charge is 0.296 e. The molecule has 1 atom stereocenters. The molecule has 1 fully saturated rings. The van der Waals surface area contributed by atoms with Crippen molar-refractivity contribution in [2.45, 2.75) is 38.3 Å². The maximum absolute atomic E-state index is 9.00. The molecule has 2 aromatic rings. The molecule has 2 nitrogen and oxygen atoms in total. The average Bonchev–Trinajstić information content (AvgIpc) is 2.59. The van der Waals surface area contributed by atoms with E-state index < -0.39 is 0 Å². The van der Waals surface area contributed by atoms with Crippen molar-refractivity contribution in [3.8, 4) is 6.07 Å². The van der Waals surface area contributed by atoms with Crippen molar-refractivity contribution < 1.29 is 0 Å². The van der Waals surface area contributed by atoms with Crippen LogP contribution in [0.15, 0.2) is 53.0 Å². The molecule has 0 bridgehead atoms. The number of nitriles is 1. The number of nitrogens with zero attached hydrogens (tertiary/aromatic N) is 2. The van der Waals surface area contributed by atoms with Gasteiger partial charge in [0.2, 0.25) is 0 Å². The monoisotopic (exact) mass is 368 g/mol. The van der Waals surface area contributed by atoms with E-state index in [0.29, 0.717) is 11.6 Å².